The summed E-state index contributed by atoms with van der Waals surface area (Å²) in [5.41, 5.74) is 0.924. The topological polar surface area (TPSA) is 104 Å². The molecule has 1 aliphatic rings. The van der Waals surface area contributed by atoms with E-state index in [1.165, 1.54) is 0 Å². The zero-order valence-corrected chi connectivity index (χ0v) is 12.9. The van der Waals surface area contributed by atoms with Gasteiger partial charge in [-0.3, -0.25) is 0 Å². The van der Waals surface area contributed by atoms with Gasteiger partial charge < -0.3 is 19.7 Å². The summed E-state index contributed by atoms with van der Waals surface area (Å²) in [6, 6.07) is 2.38. The molecule has 1 saturated heterocycles. The highest BCUT2D eigenvalue weighted by Gasteiger charge is 2.23. The Kier molecular flexibility index (Phi) is 4.40. The Labute approximate surface area is 133 Å². The number of rotatable bonds is 5. The van der Waals surface area contributed by atoms with Gasteiger partial charge in [-0.25, -0.2) is 14.8 Å². The van der Waals surface area contributed by atoms with Crippen molar-refractivity contribution in [3.63, 3.8) is 0 Å². The van der Waals surface area contributed by atoms with Crippen molar-refractivity contribution in [1.82, 2.24) is 15.0 Å². The largest absolute Gasteiger partial charge is 0.476 e. The van der Waals surface area contributed by atoms with Crippen molar-refractivity contribution in [2.45, 2.75) is 32.2 Å². The lowest BCUT2D eigenvalue weighted by molar-refractivity contribution is 0.0690. The quantitative estimate of drug-likeness (QED) is 0.860. The third kappa shape index (κ3) is 3.58. The molecule has 8 nitrogen and oxygen atoms in total. The lowest BCUT2D eigenvalue weighted by Gasteiger charge is -2.33. The molecule has 2 aromatic rings. The van der Waals surface area contributed by atoms with E-state index in [4.69, 9.17) is 9.52 Å². The molecule has 1 fully saturated rings. The maximum absolute atomic E-state index is 10.8. The molecule has 2 aromatic heterocycles. The molecule has 1 unspecified atom stereocenters. The first-order valence-electron chi connectivity index (χ1n) is 7.67. The van der Waals surface area contributed by atoms with Gasteiger partial charge in [0.1, 0.15) is 18.4 Å². The van der Waals surface area contributed by atoms with Gasteiger partial charge in [0.2, 0.25) is 0 Å². The van der Waals surface area contributed by atoms with Crippen LogP contribution in [0, 0.1) is 0 Å². The molecule has 0 aromatic carbocycles. The van der Waals surface area contributed by atoms with Gasteiger partial charge in [0.05, 0.1) is 0 Å². The molecule has 0 amide bonds. The van der Waals surface area contributed by atoms with Crippen LogP contribution in [-0.4, -0.2) is 45.2 Å². The fourth-order valence-corrected chi connectivity index (χ4v) is 2.67. The fourth-order valence-electron chi connectivity index (χ4n) is 2.67. The number of nitrogens with zero attached hydrogens (tertiary/aromatic N) is 4. The van der Waals surface area contributed by atoms with Crippen LogP contribution < -0.4 is 10.2 Å². The van der Waals surface area contributed by atoms with Gasteiger partial charge in [-0.1, -0.05) is 6.92 Å². The normalized spacial score (nSPS) is 18.0. The van der Waals surface area contributed by atoms with Crippen LogP contribution in [0.2, 0.25) is 0 Å². The van der Waals surface area contributed by atoms with Crippen LogP contribution in [0.5, 0.6) is 0 Å². The Morgan fingerprint density at radius 1 is 1.52 bits per heavy atom. The molecule has 0 saturated carbocycles. The van der Waals surface area contributed by atoms with Crippen LogP contribution in [0.4, 0.5) is 11.8 Å². The number of aryl methyl sites for hydroxylation is 1. The monoisotopic (exact) mass is 317 g/mol. The third-order valence-electron chi connectivity index (χ3n) is 3.87. The van der Waals surface area contributed by atoms with Gasteiger partial charge in [0.25, 0.3) is 6.01 Å². The van der Waals surface area contributed by atoms with Gasteiger partial charge in [0.15, 0.2) is 5.69 Å². The van der Waals surface area contributed by atoms with E-state index in [9.17, 15) is 4.79 Å². The Morgan fingerprint density at radius 2 is 2.39 bits per heavy atom. The summed E-state index contributed by atoms with van der Waals surface area (Å²) in [5.74, 6) is -0.179. The first-order valence-corrected chi connectivity index (χ1v) is 7.67. The maximum atomic E-state index is 10.8. The van der Waals surface area contributed by atoms with Crippen LogP contribution >= 0.6 is 0 Å². The molecule has 1 aliphatic heterocycles. The Bertz CT molecular complexity index is 687. The molecule has 3 heterocycles. The highest BCUT2D eigenvalue weighted by Crippen LogP contribution is 2.20. The number of carboxylic acid groups (broad SMARTS) is 1. The van der Waals surface area contributed by atoms with Crippen molar-refractivity contribution >= 4 is 17.8 Å². The van der Waals surface area contributed by atoms with E-state index in [-0.39, 0.29) is 17.8 Å². The van der Waals surface area contributed by atoms with Crippen molar-refractivity contribution in [3.05, 3.63) is 30.0 Å². The number of oxazole rings is 1. The second-order valence-electron chi connectivity index (χ2n) is 5.49. The average Bonchev–Trinajstić information content (AvgIpc) is 3.04. The van der Waals surface area contributed by atoms with Crippen LogP contribution in [-0.2, 0) is 6.42 Å². The maximum Gasteiger partial charge on any atom is 0.357 e. The first kappa shape index (κ1) is 15.3. The predicted octanol–water partition coefficient (Wildman–Crippen LogP) is 1.81. The van der Waals surface area contributed by atoms with E-state index in [2.05, 4.69) is 32.1 Å². The minimum absolute atomic E-state index is 0.0939. The molecule has 3 rings (SSSR count). The number of piperidine rings is 1. The second kappa shape index (κ2) is 6.64. The number of aromatic nitrogens is 3. The highest BCUT2D eigenvalue weighted by atomic mass is 16.4. The molecule has 122 valence electrons. The summed E-state index contributed by atoms with van der Waals surface area (Å²) in [5, 5.41) is 12.0. The zero-order valence-electron chi connectivity index (χ0n) is 12.9. The van der Waals surface area contributed by atoms with E-state index >= 15 is 0 Å². The van der Waals surface area contributed by atoms with Crippen molar-refractivity contribution in [3.8, 4) is 0 Å². The van der Waals surface area contributed by atoms with Crippen molar-refractivity contribution in [2.24, 2.45) is 0 Å². The fraction of sp³-hybridized carbons (Fsp3) is 0.467. The number of nitrogens with one attached hydrogen (secondary N) is 1. The predicted molar refractivity (Wildman–Crippen MR) is 83.7 cm³/mol. The van der Waals surface area contributed by atoms with Crippen LogP contribution in [0.15, 0.2) is 23.1 Å². The van der Waals surface area contributed by atoms with E-state index in [1.807, 2.05) is 6.07 Å². The molecule has 0 aliphatic carbocycles. The van der Waals surface area contributed by atoms with E-state index in [0.717, 1.165) is 50.1 Å². The summed E-state index contributed by atoms with van der Waals surface area (Å²) in [4.78, 5) is 25.5. The summed E-state index contributed by atoms with van der Waals surface area (Å²) < 4.78 is 5.16. The number of carboxylic acids is 1. The first-order chi connectivity index (χ1) is 11.2. The number of hydrogen-bond acceptors (Lipinski definition) is 7. The van der Waals surface area contributed by atoms with Crippen LogP contribution in [0.25, 0.3) is 0 Å². The Hall–Kier alpha value is -2.64. The van der Waals surface area contributed by atoms with Gasteiger partial charge >= 0.3 is 5.97 Å². The smallest absolute Gasteiger partial charge is 0.357 e. The molecule has 0 bridgehead atoms. The molecule has 2 N–H and O–H groups in total. The van der Waals surface area contributed by atoms with Crippen molar-refractivity contribution in [2.75, 3.05) is 23.3 Å². The summed E-state index contributed by atoms with van der Waals surface area (Å²) in [6.45, 7) is 3.75. The van der Waals surface area contributed by atoms with Crippen LogP contribution in [0.3, 0.4) is 0 Å². The summed E-state index contributed by atoms with van der Waals surface area (Å²) in [6.07, 6.45) is 5.59. The van der Waals surface area contributed by atoms with Gasteiger partial charge in [-0.15, -0.1) is 0 Å². The molecular formula is C15H19N5O3. The van der Waals surface area contributed by atoms with E-state index < -0.39 is 5.97 Å². The number of aromatic carboxylic acids is 1. The summed E-state index contributed by atoms with van der Waals surface area (Å²) in [7, 11) is 0. The van der Waals surface area contributed by atoms with Gasteiger partial charge in [-0.05, 0) is 19.3 Å². The lowest BCUT2D eigenvalue weighted by atomic mass is 10.1. The SMILES string of the molecule is CCc1cc(N2CCCC(Nc3nc(C(=O)O)co3)C2)ncn1. The molecule has 23 heavy (non-hydrogen) atoms. The summed E-state index contributed by atoms with van der Waals surface area (Å²) >= 11 is 0. The zero-order chi connectivity index (χ0) is 16.2. The third-order valence-corrected chi connectivity index (χ3v) is 3.87. The molecule has 0 radical (unpaired) electrons. The Morgan fingerprint density at radius 3 is 3.13 bits per heavy atom. The Balaban J connectivity index is 1.66. The number of anilines is 2. The van der Waals surface area contributed by atoms with E-state index in [1.54, 1.807) is 6.33 Å². The van der Waals surface area contributed by atoms with E-state index in [0.29, 0.717) is 0 Å². The van der Waals surface area contributed by atoms with Crippen LogP contribution in [0.1, 0.15) is 35.9 Å². The minimum atomic E-state index is -1.10. The average molecular weight is 317 g/mol. The minimum Gasteiger partial charge on any atom is -0.476 e. The highest BCUT2D eigenvalue weighted by molar-refractivity contribution is 5.85. The molecular weight excluding hydrogens is 298 g/mol. The second-order valence-corrected chi connectivity index (χ2v) is 5.49. The molecule has 8 heteroatoms. The standard InChI is InChI=1S/C15H19N5O3/c1-2-10-6-13(17-9-16-10)20-5-3-4-11(7-20)18-15-19-12(8-23-15)14(21)22/h6,8-9,11H,2-5,7H2,1H3,(H,18,19)(H,21,22). The van der Waals surface area contributed by atoms with Gasteiger partial charge in [0, 0.05) is 30.9 Å². The molecule has 1 atom stereocenters. The van der Waals surface area contributed by atoms with Crippen molar-refractivity contribution < 1.29 is 14.3 Å². The number of hydrogen-bond donors (Lipinski definition) is 2. The lowest BCUT2D eigenvalue weighted by Crippen LogP contribution is -2.42. The number of carbonyl (C=O) groups is 1. The van der Waals surface area contributed by atoms with Gasteiger partial charge in [-0.2, -0.15) is 4.98 Å². The van der Waals surface area contributed by atoms with Crippen molar-refractivity contribution in [1.29, 1.82) is 0 Å². The molecule has 0 spiro atoms.